The first-order valence-electron chi connectivity index (χ1n) is 22.9. The minimum atomic E-state index is -0.409. The molecule has 0 spiro atoms. The van der Waals surface area contributed by atoms with Crippen molar-refractivity contribution < 1.29 is 24.2 Å². The van der Waals surface area contributed by atoms with Gasteiger partial charge in [-0.1, -0.05) is 156 Å². The van der Waals surface area contributed by atoms with Crippen molar-refractivity contribution in [3.05, 3.63) is 0 Å². The normalized spacial score (nSPS) is 14.0. The lowest BCUT2D eigenvalue weighted by molar-refractivity contribution is -0.154. The van der Waals surface area contributed by atoms with Gasteiger partial charge < -0.3 is 19.5 Å². The highest BCUT2D eigenvalue weighted by Gasteiger charge is 2.43. The molecule has 6 heteroatoms. The van der Waals surface area contributed by atoms with Crippen LogP contribution in [-0.2, 0) is 19.1 Å². The second kappa shape index (κ2) is 32.1. The molecule has 1 fully saturated rings. The minimum absolute atomic E-state index is 0.0321. The molecule has 1 aliphatic carbocycles. The lowest BCUT2D eigenvalue weighted by Crippen LogP contribution is -2.29. The Kier molecular flexibility index (Phi) is 30.2. The van der Waals surface area contributed by atoms with Crippen molar-refractivity contribution >= 4 is 11.9 Å². The van der Waals surface area contributed by atoms with Gasteiger partial charge >= 0.3 is 11.9 Å². The summed E-state index contributed by atoms with van der Waals surface area (Å²) in [5.41, 5.74) is -0.200. The molecule has 308 valence electrons. The molecule has 0 unspecified atom stereocenters. The van der Waals surface area contributed by atoms with Gasteiger partial charge in [0.25, 0.3) is 0 Å². The third kappa shape index (κ3) is 26.6. The summed E-state index contributed by atoms with van der Waals surface area (Å²) < 4.78 is 11.4. The molecule has 1 rings (SSSR count). The van der Waals surface area contributed by atoms with Gasteiger partial charge in [-0.15, -0.1) is 0 Å². The van der Waals surface area contributed by atoms with E-state index in [2.05, 4.69) is 25.7 Å². The molecule has 0 radical (unpaired) electrons. The molecule has 52 heavy (non-hydrogen) atoms. The summed E-state index contributed by atoms with van der Waals surface area (Å²) in [5, 5.41) is 9.63. The van der Waals surface area contributed by atoms with Crippen molar-refractivity contribution in [1.82, 2.24) is 4.90 Å². The van der Waals surface area contributed by atoms with Crippen molar-refractivity contribution in [2.24, 2.45) is 16.7 Å². The first-order chi connectivity index (χ1) is 25.2. The number of ether oxygens (including phenoxy) is 2. The van der Waals surface area contributed by atoms with Gasteiger partial charge in [0.2, 0.25) is 0 Å². The summed E-state index contributed by atoms with van der Waals surface area (Å²) in [6.07, 6.45) is 35.7. The fourth-order valence-electron chi connectivity index (χ4n) is 7.81. The first kappa shape index (κ1) is 48.9. The molecular formula is C46H89NO5. The van der Waals surface area contributed by atoms with Crippen molar-refractivity contribution in [3.63, 3.8) is 0 Å². The molecule has 0 atom stereocenters. The van der Waals surface area contributed by atoms with Crippen LogP contribution >= 0.6 is 0 Å². The van der Waals surface area contributed by atoms with Gasteiger partial charge in [-0.25, -0.2) is 0 Å². The highest BCUT2D eigenvalue weighted by atomic mass is 16.5. The van der Waals surface area contributed by atoms with E-state index in [9.17, 15) is 14.7 Å². The van der Waals surface area contributed by atoms with Crippen molar-refractivity contribution in [3.8, 4) is 0 Å². The molecule has 1 aliphatic rings. The molecule has 0 aromatic rings. The average molecular weight is 736 g/mol. The van der Waals surface area contributed by atoms with Gasteiger partial charge in [0.15, 0.2) is 0 Å². The van der Waals surface area contributed by atoms with Crippen LogP contribution in [0.25, 0.3) is 0 Å². The number of hydrogen-bond acceptors (Lipinski definition) is 6. The zero-order valence-electron chi connectivity index (χ0n) is 35.6. The van der Waals surface area contributed by atoms with E-state index < -0.39 is 5.41 Å². The molecule has 0 bridgehead atoms. The molecule has 0 saturated heterocycles. The lowest BCUT2D eigenvalue weighted by Gasteiger charge is -2.23. The number of esters is 2. The van der Waals surface area contributed by atoms with Crippen LogP contribution in [0.4, 0.5) is 0 Å². The number of aliphatic hydroxyl groups is 1. The van der Waals surface area contributed by atoms with E-state index in [1.807, 2.05) is 13.8 Å². The summed E-state index contributed by atoms with van der Waals surface area (Å²) in [4.78, 5) is 27.8. The monoisotopic (exact) mass is 736 g/mol. The van der Waals surface area contributed by atoms with E-state index >= 15 is 0 Å². The number of rotatable bonds is 39. The van der Waals surface area contributed by atoms with Gasteiger partial charge in [0.1, 0.15) is 0 Å². The molecule has 0 aromatic heterocycles. The van der Waals surface area contributed by atoms with Gasteiger partial charge in [-0.2, -0.15) is 0 Å². The second-order valence-electron chi connectivity index (χ2n) is 17.4. The number of nitrogens with zero attached hydrogens (tertiary/aromatic N) is 1. The minimum Gasteiger partial charge on any atom is -0.466 e. The van der Waals surface area contributed by atoms with E-state index in [-0.39, 0.29) is 24.0 Å². The largest absolute Gasteiger partial charge is 0.466 e. The SMILES string of the molecule is CCCCCCCCCOC(=O)C(C)(C)CCCCCCN(CCO)CCCCCC1(CC(=O)OCCC(CCCCCC)CCCCCC)CC1. The van der Waals surface area contributed by atoms with Crippen LogP contribution in [0.15, 0.2) is 0 Å². The number of hydrogen-bond donors (Lipinski definition) is 1. The number of carbonyl (C=O) groups is 2. The number of carbonyl (C=O) groups excluding carboxylic acids is 2. The van der Waals surface area contributed by atoms with Gasteiger partial charge in [-0.05, 0) is 89.6 Å². The Morgan fingerprint density at radius 2 is 1.13 bits per heavy atom. The topological polar surface area (TPSA) is 76.1 Å². The average Bonchev–Trinajstić information content (AvgIpc) is 3.89. The van der Waals surface area contributed by atoms with Gasteiger partial charge in [-0.3, -0.25) is 9.59 Å². The summed E-state index contributed by atoms with van der Waals surface area (Å²) in [6, 6.07) is 0. The van der Waals surface area contributed by atoms with Crippen LogP contribution in [0, 0.1) is 16.7 Å². The Morgan fingerprint density at radius 1 is 0.615 bits per heavy atom. The number of unbranched alkanes of at least 4 members (excludes halogenated alkanes) is 17. The highest BCUT2D eigenvalue weighted by Crippen LogP contribution is 2.53. The summed E-state index contributed by atoms with van der Waals surface area (Å²) in [5.74, 6) is 0.700. The van der Waals surface area contributed by atoms with Crippen molar-refractivity contribution in [2.75, 3.05) is 39.5 Å². The maximum atomic E-state index is 12.8. The lowest BCUT2D eigenvalue weighted by atomic mass is 9.87. The van der Waals surface area contributed by atoms with Crippen LogP contribution in [-0.4, -0.2) is 61.4 Å². The molecule has 0 heterocycles. The Balaban J connectivity index is 2.18. The van der Waals surface area contributed by atoms with E-state index in [0.29, 0.717) is 25.6 Å². The molecule has 0 aromatic carbocycles. The summed E-state index contributed by atoms with van der Waals surface area (Å²) in [6.45, 7) is 15.0. The molecule has 0 aliphatic heterocycles. The maximum absolute atomic E-state index is 12.8. The highest BCUT2D eigenvalue weighted by molar-refractivity contribution is 5.75. The first-order valence-corrected chi connectivity index (χ1v) is 22.9. The smallest absolute Gasteiger partial charge is 0.311 e. The summed E-state index contributed by atoms with van der Waals surface area (Å²) >= 11 is 0. The molecule has 1 saturated carbocycles. The zero-order chi connectivity index (χ0) is 38.2. The maximum Gasteiger partial charge on any atom is 0.311 e. The molecule has 1 N–H and O–H groups in total. The van der Waals surface area contributed by atoms with Crippen molar-refractivity contribution in [2.45, 2.75) is 227 Å². The second-order valence-corrected chi connectivity index (χ2v) is 17.4. The zero-order valence-corrected chi connectivity index (χ0v) is 35.6. The Morgan fingerprint density at radius 3 is 1.71 bits per heavy atom. The van der Waals surface area contributed by atoms with E-state index in [1.54, 1.807) is 0 Å². The van der Waals surface area contributed by atoms with Gasteiger partial charge in [0.05, 0.1) is 31.7 Å². The fourth-order valence-corrected chi connectivity index (χ4v) is 7.81. The van der Waals surface area contributed by atoms with Crippen LogP contribution in [0.2, 0.25) is 0 Å². The molecular weight excluding hydrogens is 647 g/mol. The van der Waals surface area contributed by atoms with Gasteiger partial charge in [0, 0.05) is 6.54 Å². The van der Waals surface area contributed by atoms with Crippen LogP contribution in [0.1, 0.15) is 227 Å². The Labute approximate surface area is 323 Å². The third-order valence-corrected chi connectivity index (χ3v) is 11.9. The fraction of sp³-hybridized carbons (Fsp3) is 0.957. The Hall–Kier alpha value is -1.14. The predicted octanol–water partition coefficient (Wildman–Crippen LogP) is 12.8. The Bertz CT molecular complexity index is 829. The van der Waals surface area contributed by atoms with Crippen LogP contribution in [0.3, 0.4) is 0 Å². The number of aliphatic hydroxyl groups excluding tert-OH is 1. The summed E-state index contributed by atoms with van der Waals surface area (Å²) in [7, 11) is 0. The van der Waals surface area contributed by atoms with E-state index in [1.165, 1.54) is 122 Å². The van der Waals surface area contributed by atoms with E-state index in [0.717, 1.165) is 83.8 Å². The third-order valence-electron chi connectivity index (χ3n) is 11.9. The predicted molar refractivity (Wildman–Crippen MR) is 221 cm³/mol. The van der Waals surface area contributed by atoms with Crippen LogP contribution < -0.4 is 0 Å². The van der Waals surface area contributed by atoms with Crippen LogP contribution in [0.5, 0.6) is 0 Å². The van der Waals surface area contributed by atoms with Crippen molar-refractivity contribution in [1.29, 1.82) is 0 Å². The molecule has 6 nitrogen and oxygen atoms in total. The quantitative estimate of drug-likeness (QED) is 0.0500. The van der Waals surface area contributed by atoms with E-state index in [4.69, 9.17) is 9.47 Å². The molecule has 0 amide bonds. The standard InChI is InChI=1S/C46H89NO5/c1-6-9-12-15-16-19-27-39-52-44(50)45(4,5)31-23-17-18-25-35-47(37-38-48)36-26-20-24-32-46(33-34-46)41-43(49)51-40-30-42(28-21-13-10-7-2)29-22-14-11-8-3/h42,48H,6-41H2,1-5H3.